The molecule has 0 aliphatic heterocycles. The summed E-state index contributed by atoms with van der Waals surface area (Å²) in [6, 6.07) is 31.5. The lowest BCUT2D eigenvalue weighted by Crippen LogP contribution is -2.15. The summed E-state index contributed by atoms with van der Waals surface area (Å²) in [7, 11) is 0. The number of unbranched alkanes of at least 4 members (excludes halogenated alkanes) is 8. The van der Waals surface area contributed by atoms with Crippen molar-refractivity contribution in [2.45, 2.75) is 84.0 Å². The van der Waals surface area contributed by atoms with E-state index in [1.807, 2.05) is 12.1 Å². The molecule has 0 radical (unpaired) electrons. The molecule has 5 aromatic carbocycles. The maximum Gasteiger partial charge on any atom is 0.320 e. The summed E-state index contributed by atoms with van der Waals surface area (Å²) < 4.78 is 6.23. The van der Waals surface area contributed by atoms with Gasteiger partial charge in [-0.1, -0.05) is 145 Å². The van der Waals surface area contributed by atoms with Crippen LogP contribution in [0, 0.1) is 0 Å². The summed E-state index contributed by atoms with van der Waals surface area (Å²) in [6.07, 6.45) is 11.2. The van der Waals surface area contributed by atoms with Gasteiger partial charge in [0.05, 0.1) is 12.2 Å². The van der Waals surface area contributed by atoms with Gasteiger partial charge >= 0.3 is 6.01 Å². The molecule has 0 fully saturated rings. The van der Waals surface area contributed by atoms with E-state index < -0.39 is 0 Å². The van der Waals surface area contributed by atoms with Crippen molar-refractivity contribution in [1.29, 1.82) is 0 Å². The van der Waals surface area contributed by atoms with Gasteiger partial charge in [0.25, 0.3) is 0 Å². The Balaban J connectivity index is 1.27. The van der Waals surface area contributed by atoms with Crippen LogP contribution in [-0.2, 0) is 5.41 Å². The second-order valence-corrected chi connectivity index (χ2v) is 13.7. The quantitative estimate of drug-likeness (QED) is 0.128. The number of aromatic nitrogens is 3. The zero-order valence-electron chi connectivity index (χ0n) is 28.4. The van der Waals surface area contributed by atoms with Gasteiger partial charge in [-0.3, -0.25) is 0 Å². The van der Waals surface area contributed by atoms with Crippen molar-refractivity contribution in [2.75, 3.05) is 6.61 Å². The highest BCUT2D eigenvalue weighted by Crippen LogP contribution is 2.55. The van der Waals surface area contributed by atoms with Crippen LogP contribution in [-0.4, -0.2) is 26.7 Å². The van der Waals surface area contributed by atoms with Crippen LogP contribution in [0.2, 0.25) is 0 Å². The summed E-state index contributed by atoms with van der Waals surface area (Å²) in [4.78, 5) is 14.6. The number of benzene rings is 5. The van der Waals surface area contributed by atoms with Crippen LogP contribution >= 0.6 is 0 Å². The number of hydrogen-bond donors (Lipinski definition) is 1. The molecule has 7 rings (SSSR count). The van der Waals surface area contributed by atoms with Crippen LogP contribution in [0.5, 0.6) is 11.8 Å². The molecule has 0 atom stereocenters. The minimum Gasteiger partial charge on any atom is -0.507 e. The van der Waals surface area contributed by atoms with E-state index in [4.69, 9.17) is 19.7 Å². The fraction of sp³-hybridized carbons (Fsp3) is 0.326. The predicted octanol–water partition coefficient (Wildman–Crippen LogP) is 11.4. The molecule has 1 aliphatic rings. The van der Waals surface area contributed by atoms with Gasteiger partial charge < -0.3 is 9.84 Å². The van der Waals surface area contributed by atoms with E-state index in [0.717, 1.165) is 23.8 Å². The Morgan fingerprint density at radius 1 is 0.583 bits per heavy atom. The van der Waals surface area contributed by atoms with Crippen LogP contribution < -0.4 is 4.74 Å². The molecule has 1 heterocycles. The molecule has 0 saturated heterocycles. The summed E-state index contributed by atoms with van der Waals surface area (Å²) in [5, 5.41) is 15.6. The second kappa shape index (κ2) is 13.8. The highest BCUT2D eigenvalue weighted by molar-refractivity contribution is 6.14. The summed E-state index contributed by atoms with van der Waals surface area (Å²) in [5.74, 6) is 1.07. The molecule has 1 aromatic heterocycles. The molecule has 48 heavy (non-hydrogen) atoms. The van der Waals surface area contributed by atoms with Crippen molar-refractivity contribution in [3.05, 3.63) is 102 Å². The maximum absolute atomic E-state index is 10.8. The minimum atomic E-state index is -0.226. The van der Waals surface area contributed by atoms with Gasteiger partial charge in [0.15, 0.2) is 11.6 Å². The second-order valence-electron chi connectivity index (χ2n) is 13.7. The molecular weight excluding hydrogens is 590 g/mol. The van der Waals surface area contributed by atoms with Crippen LogP contribution in [0.15, 0.2) is 91.0 Å². The lowest BCUT2D eigenvalue weighted by Gasteiger charge is -2.23. The molecule has 0 amide bonds. The molecule has 0 bridgehead atoms. The van der Waals surface area contributed by atoms with E-state index in [1.165, 1.54) is 83.4 Å². The van der Waals surface area contributed by atoms with E-state index in [-0.39, 0.29) is 17.2 Å². The number of nitrogens with zero attached hydrogens (tertiary/aromatic N) is 3. The lowest BCUT2D eigenvalue weighted by atomic mass is 9.81. The van der Waals surface area contributed by atoms with Crippen LogP contribution in [0.4, 0.5) is 0 Å². The van der Waals surface area contributed by atoms with Crippen LogP contribution in [0.3, 0.4) is 0 Å². The standard InChI is InChI=1S/C43H45N3O2/c1-4-5-6-7-8-9-10-11-18-27-48-42-45-40(33-23-16-17-24-37(33)47)44-41(46-42)34-28-36-39(32-22-15-14-21-31(32)34)38-30-20-13-12-19-29(30)25-26-35(38)43(36,2)3/h12-17,19-26,28,47H,4-11,18,27H2,1-3H3. The summed E-state index contributed by atoms with van der Waals surface area (Å²) in [5.41, 5.74) is 6.43. The van der Waals surface area contributed by atoms with E-state index in [1.54, 1.807) is 12.1 Å². The lowest BCUT2D eigenvalue weighted by molar-refractivity contribution is 0.281. The number of para-hydroxylation sites is 1. The molecule has 5 heteroatoms. The number of aromatic hydroxyl groups is 1. The van der Waals surface area contributed by atoms with Crippen LogP contribution in [0.25, 0.3) is 55.4 Å². The van der Waals surface area contributed by atoms with Gasteiger partial charge in [0.2, 0.25) is 0 Å². The van der Waals surface area contributed by atoms with E-state index in [2.05, 4.69) is 87.5 Å². The number of phenolic OH excluding ortho intramolecular Hbond substituents is 1. The monoisotopic (exact) mass is 635 g/mol. The Labute approximate surface area is 284 Å². The van der Waals surface area contributed by atoms with Crippen molar-refractivity contribution < 1.29 is 9.84 Å². The molecule has 1 aliphatic carbocycles. The van der Waals surface area contributed by atoms with E-state index in [0.29, 0.717) is 23.8 Å². The normalized spacial score (nSPS) is 13.1. The van der Waals surface area contributed by atoms with Gasteiger partial charge in [-0.25, -0.2) is 4.98 Å². The third-order valence-corrected chi connectivity index (χ3v) is 10.1. The van der Waals surface area contributed by atoms with Crippen molar-refractivity contribution >= 4 is 21.5 Å². The van der Waals surface area contributed by atoms with Gasteiger partial charge in [0.1, 0.15) is 5.75 Å². The molecule has 1 N–H and O–H groups in total. The zero-order chi connectivity index (χ0) is 33.1. The maximum atomic E-state index is 10.8. The third kappa shape index (κ3) is 6.03. The first kappa shape index (κ1) is 31.8. The molecule has 6 aromatic rings. The topological polar surface area (TPSA) is 68.1 Å². The van der Waals surface area contributed by atoms with Gasteiger partial charge in [-0.15, -0.1) is 0 Å². The van der Waals surface area contributed by atoms with Gasteiger partial charge in [0, 0.05) is 11.0 Å². The summed E-state index contributed by atoms with van der Waals surface area (Å²) >= 11 is 0. The number of phenols is 1. The van der Waals surface area contributed by atoms with Crippen molar-refractivity contribution in [3.8, 4) is 45.7 Å². The van der Waals surface area contributed by atoms with Crippen molar-refractivity contribution in [1.82, 2.24) is 15.0 Å². The predicted molar refractivity (Wildman–Crippen MR) is 198 cm³/mol. The average Bonchev–Trinajstić information content (AvgIpc) is 3.35. The van der Waals surface area contributed by atoms with Crippen molar-refractivity contribution in [2.24, 2.45) is 0 Å². The first-order valence-electron chi connectivity index (χ1n) is 17.7. The van der Waals surface area contributed by atoms with Crippen LogP contribution in [0.1, 0.15) is 89.7 Å². The first-order chi connectivity index (χ1) is 23.5. The number of ether oxygens (including phenoxy) is 1. The van der Waals surface area contributed by atoms with Crippen molar-refractivity contribution in [3.63, 3.8) is 0 Å². The smallest absolute Gasteiger partial charge is 0.320 e. The Morgan fingerprint density at radius 3 is 1.94 bits per heavy atom. The van der Waals surface area contributed by atoms with E-state index in [9.17, 15) is 5.11 Å². The first-order valence-corrected chi connectivity index (χ1v) is 17.7. The Morgan fingerprint density at radius 2 is 1.19 bits per heavy atom. The number of hydrogen-bond acceptors (Lipinski definition) is 5. The molecular formula is C43H45N3O2. The minimum absolute atomic E-state index is 0.127. The Hall–Kier alpha value is -4.77. The average molecular weight is 636 g/mol. The third-order valence-electron chi connectivity index (χ3n) is 10.1. The summed E-state index contributed by atoms with van der Waals surface area (Å²) in [6.45, 7) is 7.42. The molecule has 0 saturated carbocycles. The SMILES string of the molecule is CCCCCCCCCCCOc1nc(-c2ccccc2O)nc(-c2cc3c(c4ccccc24)-c2c(ccc4ccccc24)C3(C)C)n1. The van der Waals surface area contributed by atoms with E-state index >= 15 is 0 Å². The Bertz CT molecular complexity index is 2080. The van der Waals surface area contributed by atoms with Gasteiger partial charge in [-0.05, 0) is 68.4 Å². The molecule has 244 valence electrons. The zero-order valence-corrected chi connectivity index (χ0v) is 28.4. The highest BCUT2D eigenvalue weighted by atomic mass is 16.5. The Kier molecular flexibility index (Phi) is 9.12. The molecule has 0 unspecified atom stereocenters. The molecule has 5 nitrogen and oxygen atoms in total. The number of rotatable bonds is 13. The fourth-order valence-electron chi connectivity index (χ4n) is 7.43. The molecule has 0 spiro atoms. The fourth-order valence-corrected chi connectivity index (χ4v) is 7.43. The number of fused-ring (bicyclic) bond motifs is 7. The largest absolute Gasteiger partial charge is 0.507 e. The highest BCUT2D eigenvalue weighted by Gasteiger charge is 2.38. The van der Waals surface area contributed by atoms with Gasteiger partial charge in [-0.2, -0.15) is 9.97 Å².